The minimum atomic E-state index is -3.21. The Morgan fingerprint density at radius 3 is 2.46 bits per heavy atom. The Balaban J connectivity index is 2.03. The van der Waals surface area contributed by atoms with Gasteiger partial charge >= 0.3 is 0 Å². The molecule has 2 aromatic heterocycles. The first-order valence-corrected chi connectivity index (χ1v) is 10.4. The summed E-state index contributed by atoms with van der Waals surface area (Å²) in [5.74, 6) is 1.82. The van der Waals surface area contributed by atoms with Crippen LogP contribution in [-0.4, -0.2) is 35.8 Å². The second-order valence-corrected chi connectivity index (χ2v) is 8.48. The Bertz CT molecular complexity index is 1020. The average molecular weight is 373 g/mol. The van der Waals surface area contributed by atoms with Crippen molar-refractivity contribution in [2.24, 2.45) is 0 Å². The summed E-state index contributed by atoms with van der Waals surface area (Å²) in [6.45, 7) is 6.99. The van der Waals surface area contributed by atoms with Gasteiger partial charge in [-0.2, -0.15) is 9.61 Å². The lowest BCUT2D eigenvalue weighted by molar-refractivity contribution is 0.602. The van der Waals surface area contributed by atoms with Gasteiger partial charge < -0.3 is 10.6 Å². The van der Waals surface area contributed by atoms with E-state index in [1.807, 2.05) is 19.2 Å². The standard InChI is InChI=1S/C18H23N5O2S/c1-5-19-16-10-17(23-18(22-16)15(11-20-23)12(2)3)21-13-6-8-14(9-7-13)26(4,24)25/h6-12,21H,5H2,1-4H3,(H,19,22). The fourth-order valence-electron chi connectivity index (χ4n) is 2.68. The third-order valence-corrected chi connectivity index (χ3v) is 5.16. The van der Waals surface area contributed by atoms with Gasteiger partial charge in [-0.05, 0) is 37.1 Å². The molecule has 0 aliphatic heterocycles. The molecule has 7 nitrogen and oxygen atoms in total. The number of benzene rings is 1. The van der Waals surface area contributed by atoms with Crippen molar-refractivity contribution in [3.05, 3.63) is 42.1 Å². The van der Waals surface area contributed by atoms with E-state index in [0.717, 1.165) is 35.1 Å². The van der Waals surface area contributed by atoms with Gasteiger partial charge in [-0.15, -0.1) is 0 Å². The molecule has 3 rings (SSSR count). The second-order valence-electron chi connectivity index (χ2n) is 6.47. The Labute approximate surface area is 153 Å². The topological polar surface area (TPSA) is 88.4 Å². The Kier molecular flexibility index (Phi) is 4.86. The van der Waals surface area contributed by atoms with Gasteiger partial charge in [-0.25, -0.2) is 13.4 Å². The molecule has 1 aromatic carbocycles. The van der Waals surface area contributed by atoms with Gasteiger partial charge in [0, 0.05) is 30.1 Å². The molecule has 0 amide bonds. The molecule has 0 bridgehead atoms. The monoisotopic (exact) mass is 373 g/mol. The number of nitrogens with one attached hydrogen (secondary N) is 2. The van der Waals surface area contributed by atoms with Crippen LogP contribution in [-0.2, 0) is 9.84 Å². The maximum atomic E-state index is 11.6. The van der Waals surface area contributed by atoms with Gasteiger partial charge in [0.05, 0.1) is 11.1 Å². The fraction of sp³-hybridized carbons (Fsp3) is 0.333. The van der Waals surface area contributed by atoms with Gasteiger partial charge in [0.1, 0.15) is 11.6 Å². The van der Waals surface area contributed by atoms with Crippen molar-refractivity contribution >= 4 is 32.8 Å². The highest BCUT2D eigenvalue weighted by Crippen LogP contribution is 2.26. The normalized spacial score (nSPS) is 11.9. The van der Waals surface area contributed by atoms with Gasteiger partial charge in [-0.3, -0.25) is 0 Å². The molecule has 0 saturated carbocycles. The predicted molar refractivity (Wildman–Crippen MR) is 104 cm³/mol. The molecule has 0 aliphatic rings. The molecule has 2 N–H and O–H groups in total. The summed E-state index contributed by atoms with van der Waals surface area (Å²) in [7, 11) is -3.21. The molecule has 0 unspecified atom stereocenters. The minimum absolute atomic E-state index is 0.289. The molecular formula is C18H23N5O2S. The number of anilines is 3. The fourth-order valence-corrected chi connectivity index (χ4v) is 3.31. The quantitative estimate of drug-likeness (QED) is 0.688. The van der Waals surface area contributed by atoms with Crippen LogP contribution in [0.25, 0.3) is 5.65 Å². The molecule has 0 saturated heterocycles. The third-order valence-electron chi connectivity index (χ3n) is 4.03. The molecular weight excluding hydrogens is 350 g/mol. The maximum Gasteiger partial charge on any atom is 0.175 e. The smallest absolute Gasteiger partial charge is 0.175 e. The van der Waals surface area contributed by atoms with E-state index in [9.17, 15) is 8.42 Å². The number of nitrogens with zero attached hydrogens (tertiary/aromatic N) is 3. The van der Waals surface area contributed by atoms with Gasteiger partial charge in [-0.1, -0.05) is 13.8 Å². The first-order chi connectivity index (χ1) is 12.3. The number of fused-ring (bicyclic) bond motifs is 1. The molecule has 3 aromatic rings. The van der Waals surface area contributed by atoms with Crippen molar-refractivity contribution in [3.8, 4) is 0 Å². The lowest BCUT2D eigenvalue weighted by Crippen LogP contribution is -2.06. The highest BCUT2D eigenvalue weighted by Gasteiger charge is 2.14. The Hall–Kier alpha value is -2.61. The van der Waals surface area contributed by atoms with Gasteiger partial charge in [0.2, 0.25) is 0 Å². The van der Waals surface area contributed by atoms with Crippen molar-refractivity contribution in [3.63, 3.8) is 0 Å². The van der Waals surface area contributed by atoms with E-state index in [1.165, 1.54) is 6.26 Å². The lowest BCUT2D eigenvalue weighted by Gasteiger charge is -2.12. The molecule has 26 heavy (non-hydrogen) atoms. The number of hydrogen-bond donors (Lipinski definition) is 2. The molecule has 0 atom stereocenters. The van der Waals surface area contributed by atoms with E-state index in [4.69, 9.17) is 0 Å². The van der Waals surface area contributed by atoms with Crippen molar-refractivity contribution in [1.82, 2.24) is 14.6 Å². The number of aromatic nitrogens is 3. The van der Waals surface area contributed by atoms with Crippen LogP contribution < -0.4 is 10.6 Å². The average Bonchev–Trinajstić information content (AvgIpc) is 2.99. The zero-order valence-electron chi connectivity index (χ0n) is 15.3. The van der Waals surface area contributed by atoms with E-state index in [2.05, 4.69) is 34.6 Å². The van der Waals surface area contributed by atoms with Crippen LogP contribution in [0.2, 0.25) is 0 Å². The van der Waals surface area contributed by atoms with Crippen LogP contribution in [0.4, 0.5) is 17.3 Å². The van der Waals surface area contributed by atoms with Gasteiger partial charge in [0.15, 0.2) is 15.5 Å². The highest BCUT2D eigenvalue weighted by atomic mass is 32.2. The van der Waals surface area contributed by atoms with E-state index >= 15 is 0 Å². The Morgan fingerprint density at radius 1 is 1.19 bits per heavy atom. The van der Waals surface area contributed by atoms with Crippen LogP contribution >= 0.6 is 0 Å². The summed E-state index contributed by atoms with van der Waals surface area (Å²) in [6.07, 6.45) is 3.03. The van der Waals surface area contributed by atoms with Gasteiger partial charge in [0.25, 0.3) is 0 Å². The first-order valence-electron chi connectivity index (χ1n) is 8.49. The molecule has 138 valence electrons. The summed E-state index contributed by atoms with van der Waals surface area (Å²) < 4.78 is 25.0. The summed E-state index contributed by atoms with van der Waals surface area (Å²) in [5.41, 5.74) is 2.64. The molecule has 0 spiro atoms. The first kappa shape index (κ1) is 18.2. The molecule has 0 fully saturated rings. The van der Waals surface area contributed by atoms with Crippen LogP contribution in [0.15, 0.2) is 41.4 Å². The molecule has 8 heteroatoms. The zero-order chi connectivity index (χ0) is 18.9. The predicted octanol–water partition coefficient (Wildman–Crippen LogP) is 3.43. The number of hydrogen-bond acceptors (Lipinski definition) is 6. The van der Waals surface area contributed by atoms with E-state index in [0.29, 0.717) is 5.92 Å². The van der Waals surface area contributed by atoms with Crippen molar-refractivity contribution in [1.29, 1.82) is 0 Å². The zero-order valence-corrected chi connectivity index (χ0v) is 16.1. The minimum Gasteiger partial charge on any atom is -0.370 e. The number of rotatable bonds is 6. The summed E-state index contributed by atoms with van der Waals surface area (Å²) >= 11 is 0. The van der Waals surface area contributed by atoms with Crippen LogP contribution in [0.3, 0.4) is 0 Å². The molecule has 2 heterocycles. The summed E-state index contributed by atoms with van der Waals surface area (Å²) in [5, 5.41) is 11.0. The van der Waals surface area contributed by atoms with E-state index < -0.39 is 9.84 Å². The molecule has 0 radical (unpaired) electrons. The highest BCUT2D eigenvalue weighted by molar-refractivity contribution is 7.90. The van der Waals surface area contributed by atoms with Crippen LogP contribution in [0.5, 0.6) is 0 Å². The van der Waals surface area contributed by atoms with Crippen molar-refractivity contribution < 1.29 is 8.42 Å². The van der Waals surface area contributed by atoms with Crippen LogP contribution in [0, 0.1) is 0 Å². The maximum absolute atomic E-state index is 11.6. The second kappa shape index (κ2) is 6.95. The largest absolute Gasteiger partial charge is 0.370 e. The van der Waals surface area contributed by atoms with E-state index in [1.54, 1.807) is 28.8 Å². The summed E-state index contributed by atoms with van der Waals surface area (Å²) in [6, 6.07) is 8.54. The van der Waals surface area contributed by atoms with Crippen molar-refractivity contribution in [2.45, 2.75) is 31.6 Å². The molecule has 0 aliphatic carbocycles. The third kappa shape index (κ3) is 3.65. The number of sulfone groups is 1. The van der Waals surface area contributed by atoms with E-state index in [-0.39, 0.29) is 4.90 Å². The van der Waals surface area contributed by atoms with Crippen molar-refractivity contribution in [2.75, 3.05) is 23.4 Å². The SMILES string of the molecule is CCNc1cc(Nc2ccc(S(C)(=O)=O)cc2)n2ncc(C(C)C)c2n1. The Morgan fingerprint density at radius 2 is 1.88 bits per heavy atom. The van der Waals surface area contributed by atoms with Crippen LogP contribution in [0.1, 0.15) is 32.3 Å². The summed E-state index contributed by atoms with van der Waals surface area (Å²) in [4.78, 5) is 4.95. The lowest BCUT2D eigenvalue weighted by atomic mass is 10.1.